The Balaban J connectivity index is 0.000000216. The van der Waals surface area contributed by atoms with Crippen LogP contribution >= 0.6 is 0 Å². The first-order chi connectivity index (χ1) is 35.2. The number of aromatic nitrogens is 4. The number of methoxy groups -OCH3 is 4. The summed E-state index contributed by atoms with van der Waals surface area (Å²) in [6.45, 7) is 6.54. The van der Waals surface area contributed by atoms with Crippen LogP contribution in [-0.4, -0.2) is 141 Å². The van der Waals surface area contributed by atoms with Gasteiger partial charge in [-0.05, 0) is 74.1 Å². The maximum Gasteiger partial charge on any atom is 0.333 e. The standard InChI is InChI=1S/2C23H27N5O9/c2*1-23(2)36-18-17(16(30)15(25-26-24)21(31)34-4)35-20(19(18)37-23)27-10-9-14(29)28(22(27)32)11-12-5-7-13(33-3)8-6-12/h2*5-10,15-20,30H,11H2,1-4H3/t15-,16+,17-,18+,19?,20-;15-,16-,17+,18-,19?,20+/m10/s1. The summed E-state index contributed by atoms with van der Waals surface area (Å²) in [5, 5.41) is 28.6. The summed E-state index contributed by atoms with van der Waals surface area (Å²) in [6, 6.07) is 12.9. The highest BCUT2D eigenvalue weighted by Gasteiger charge is 2.61. The molecule has 74 heavy (non-hydrogen) atoms. The molecular formula is C46H54N10O18. The summed E-state index contributed by atoms with van der Waals surface area (Å²) in [5.41, 5.74) is 16.7. The molecule has 28 nitrogen and oxygen atoms in total. The van der Waals surface area contributed by atoms with E-state index >= 15 is 0 Å². The molecule has 0 aliphatic carbocycles. The van der Waals surface area contributed by atoms with Crippen LogP contribution in [0.5, 0.6) is 11.5 Å². The third-order valence-electron chi connectivity index (χ3n) is 12.4. The highest BCUT2D eigenvalue weighted by atomic mass is 16.8. The summed E-state index contributed by atoms with van der Waals surface area (Å²) < 4.78 is 59.7. The van der Waals surface area contributed by atoms with Gasteiger partial charge in [-0.1, -0.05) is 34.5 Å². The van der Waals surface area contributed by atoms with Crippen molar-refractivity contribution in [2.75, 3.05) is 28.4 Å². The van der Waals surface area contributed by atoms with Gasteiger partial charge >= 0.3 is 23.3 Å². The first kappa shape index (κ1) is 54.4. The lowest BCUT2D eigenvalue weighted by Gasteiger charge is -2.28. The van der Waals surface area contributed by atoms with Crippen LogP contribution in [0.3, 0.4) is 0 Å². The van der Waals surface area contributed by atoms with Crippen molar-refractivity contribution < 1.29 is 67.2 Å². The van der Waals surface area contributed by atoms with E-state index in [1.165, 1.54) is 47.9 Å². The molecule has 2 N–H and O–H groups in total. The minimum atomic E-state index is -1.68. The molecule has 0 amide bonds. The average Bonchev–Trinajstić information content (AvgIpc) is 4.10. The number of ether oxygens (including phenoxy) is 10. The molecule has 0 bridgehead atoms. The quantitative estimate of drug-likeness (QED) is 0.0693. The number of hydrogen-bond acceptors (Lipinski definition) is 20. The molecule has 4 aromatic rings. The summed E-state index contributed by atoms with van der Waals surface area (Å²) in [4.78, 5) is 81.6. The molecule has 4 saturated heterocycles. The smallest absolute Gasteiger partial charge is 0.333 e. The van der Waals surface area contributed by atoms with E-state index in [1.807, 2.05) is 0 Å². The molecule has 2 aromatic heterocycles. The molecule has 28 heteroatoms. The van der Waals surface area contributed by atoms with Crippen molar-refractivity contribution in [2.45, 2.75) is 126 Å². The fraction of sp³-hybridized carbons (Fsp3) is 0.522. The molecule has 2 aromatic carbocycles. The topological polar surface area (TPSA) is 352 Å². The third kappa shape index (κ3) is 11.2. The highest BCUT2D eigenvalue weighted by Crippen LogP contribution is 2.45. The number of nitrogens with zero attached hydrogens (tertiary/aromatic N) is 10. The van der Waals surface area contributed by atoms with Crippen LogP contribution in [0.4, 0.5) is 0 Å². The van der Waals surface area contributed by atoms with Gasteiger partial charge in [0.25, 0.3) is 11.1 Å². The number of hydrogen-bond donors (Lipinski definition) is 2. The molecule has 0 radical (unpaired) electrons. The van der Waals surface area contributed by atoms with Gasteiger partial charge in [-0.15, -0.1) is 0 Å². The molecule has 0 spiro atoms. The molecule has 12 atom stereocenters. The van der Waals surface area contributed by atoms with Crippen LogP contribution in [-0.2, 0) is 60.6 Å². The van der Waals surface area contributed by atoms with Crippen LogP contribution in [0.1, 0.15) is 51.3 Å². The van der Waals surface area contributed by atoms with Crippen molar-refractivity contribution in [3.05, 3.63) is 147 Å². The lowest BCUT2D eigenvalue weighted by Crippen LogP contribution is -2.47. The summed E-state index contributed by atoms with van der Waals surface area (Å²) in [7, 11) is 5.23. The van der Waals surface area contributed by atoms with Gasteiger partial charge in [0.2, 0.25) is 0 Å². The molecule has 2 unspecified atom stereocenters. The number of fused-ring (bicyclic) bond motifs is 2. The summed E-state index contributed by atoms with van der Waals surface area (Å²) in [6.07, 6.45) is -9.24. The number of carbonyl (C=O) groups is 2. The number of rotatable bonds is 16. The number of azide groups is 2. The molecule has 4 aliphatic rings. The molecule has 6 heterocycles. The van der Waals surface area contributed by atoms with E-state index in [9.17, 15) is 39.0 Å². The van der Waals surface area contributed by atoms with Gasteiger partial charge in [-0.2, -0.15) is 0 Å². The van der Waals surface area contributed by atoms with Gasteiger partial charge in [0.1, 0.15) is 60.3 Å². The van der Waals surface area contributed by atoms with Crippen LogP contribution in [0.15, 0.2) is 102 Å². The zero-order chi connectivity index (χ0) is 53.8. The van der Waals surface area contributed by atoms with E-state index in [-0.39, 0.29) is 13.1 Å². The number of aliphatic hydroxyl groups is 2. The monoisotopic (exact) mass is 1030 g/mol. The Kier molecular flexibility index (Phi) is 16.5. The Morgan fingerprint density at radius 3 is 1.24 bits per heavy atom. The number of esters is 2. The molecule has 4 aliphatic heterocycles. The summed E-state index contributed by atoms with van der Waals surface area (Å²) in [5.74, 6) is -2.92. The van der Waals surface area contributed by atoms with Gasteiger partial charge < -0.3 is 57.6 Å². The van der Waals surface area contributed by atoms with Crippen molar-refractivity contribution >= 4 is 11.9 Å². The van der Waals surface area contributed by atoms with E-state index in [4.69, 9.17) is 49.0 Å². The number of benzene rings is 2. The van der Waals surface area contributed by atoms with Crippen LogP contribution in [0.25, 0.3) is 20.9 Å². The zero-order valence-electron chi connectivity index (χ0n) is 41.2. The molecular weight excluding hydrogens is 981 g/mol. The maximum atomic E-state index is 13.4. The van der Waals surface area contributed by atoms with Gasteiger partial charge in [0, 0.05) is 34.3 Å². The van der Waals surface area contributed by atoms with E-state index in [1.54, 1.807) is 76.2 Å². The summed E-state index contributed by atoms with van der Waals surface area (Å²) >= 11 is 0. The van der Waals surface area contributed by atoms with Crippen molar-refractivity contribution in [3.63, 3.8) is 0 Å². The Morgan fingerprint density at radius 2 is 0.932 bits per heavy atom. The Labute approximate surface area is 419 Å². The van der Waals surface area contributed by atoms with Crippen LogP contribution in [0, 0.1) is 0 Å². The second kappa shape index (κ2) is 22.4. The highest BCUT2D eigenvalue weighted by molar-refractivity contribution is 5.77. The Hall–Kier alpha value is -7.36. The van der Waals surface area contributed by atoms with Crippen LogP contribution in [0.2, 0.25) is 0 Å². The minimum Gasteiger partial charge on any atom is -0.497 e. The zero-order valence-corrected chi connectivity index (χ0v) is 41.2. The fourth-order valence-corrected chi connectivity index (χ4v) is 9.00. The first-order valence-corrected chi connectivity index (χ1v) is 22.7. The largest absolute Gasteiger partial charge is 0.497 e. The first-order valence-electron chi connectivity index (χ1n) is 22.7. The number of aliphatic hydroxyl groups excluding tert-OH is 2. The third-order valence-corrected chi connectivity index (χ3v) is 12.4. The normalized spacial score (nSPS) is 25.5. The molecule has 8 rings (SSSR count). The van der Waals surface area contributed by atoms with Crippen LogP contribution < -0.4 is 32.0 Å². The average molecular weight is 1030 g/mol. The number of carbonyl (C=O) groups excluding carboxylic acids is 2. The molecule has 396 valence electrons. The predicted octanol–water partition coefficient (Wildman–Crippen LogP) is 1.39. The lowest BCUT2D eigenvalue weighted by atomic mass is 10.00. The second-order valence-corrected chi connectivity index (χ2v) is 18.0. The van der Waals surface area contributed by atoms with E-state index in [0.717, 1.165) is 23.4 Å². The minimum absolute atomic E-state index is 0.0144. The van der Waals surface area contributed by atoms with Crippen molar-refractivity contribution in [2.24, 2.45) is 10.2 Å². The van der Waals surface area contributed by atoms with Gasteiger partial charge in [-0.3, -0.25) is 37.4 Å². The maximum absolute atomic E-state index is 13.4. The molecule has 0 saturated carbocycles. The predicted molar refractivity (Wildman–Crippen MR) is 251 cm³/mol. The lowest BCUT2D eigenvalue weighted by molar-refractivity contribution is -0.210. The van der Waals surface area contributed by atoms with E-state index < -0.39 is 119 Å². The van der Waals surface area contributed by atoms with E-state index in [0.29, 0.717) is 22.6 Å². The fourth-order valence-electron chi connectivity index (χ4n) is 9.00. The van der Waals surface area contributed by atoms with Crippen molar-refractivity contribution in [3.8, 4) is 11.5 Å². The van der Waals surface area contributed by atoms with Crippen molar-refractivity contribution in [1.29, 1.82) is 0 Å². The van der Waals surface area contributed by atoms with Gasteiger partial charge in [0.05, 0.1) is 41.5 Å². The van der Waals surface area contributed by atoms with Gasteiger partial charge in [0.15, 0.2) is 36.1 Å². The van der Waals surface area contributed by atoms with Gasteiger partial charge in [-0.25, -0.2) is 9.59 Å². The molecule has 4 fully saturated rings. The SMILES string of the molecule is COC(=O)[C@@H](N=[N+]=[N-])[C@H](O)[C@H]1O[C@@H](n2ccc(=O)n(Cc3ccc(OC)cc3)c2=O)C2OC(C)(C)O[C@H]21.COC(=O)[C@H](N=[N+]=[N-])[C@H](O)[C@H]1O[C@@H](n2ccc(=O)n(Cc3ccc(OC)cc3)c2=O)C2OC(C)(C)O[C@H]21. The van der Waals surface area contributed by atoms with Crippen molar-refractivity contribution in [1.82, 2.24) is 18.3 Å². The van der Waals surface area contributed by atoms with E-state index in [2.05, 4.69) is 29.5 Å². The Bertz CT molecular complexity index is 2830. The Morgan fingerprint density at radius 1 is 0.595 bits per heavy atom. The second-order valence-electron chi connectivity index (χ2n) is 18.0.